The van der Waals surface area contributed by atoms with Crippen molar-refractivity contribution in [2.45, 2.75) is 20.0 Å². The molecule has 2 N–H and O–H groups in total. The number of aromatic hydroxyl groups is 1. The number of nitrogens with one attached hydrogen (secondary N) is 1. The van der Waals surface area contributed by atoms with Crippen LogP contribution in [0.25, 0.3) is 0 Å². The van der Waals surface area contributed by atoms with E-state index in [1.807, 2.05) is 17.8 Å². The van der Waals surface area contributed by atoms with E-state index in [-0.39, 0.29) is 5.75 Å². The van der Waals surface area contributed by atoms with Crippen molar-refractivity contribution in [3.63, 3.8) is 0 Å². The third kappa shape index (κ3) is 3.07. The highest BCUT2D eigenvalue weighted by Gasteiger charge is 2.05. The summed E-state index contributed by atoms with van der Waals surface area (Å²) in [6.45, 7) is 3.87. The van der Waals surface area contributed by atoms with Gasteiger partial charge in [-0.1, -0.05) is 12.1 Å². The topological polar surface area (TPSA) is 50.1 Å². The lowest BCUT2D eigenvalue weighted by Crippen LogP contribution is -2.19. The van der Waals surface area contributed by atoms with Crippen LogP contribution in [-0.4, -0.2) is 21.4 Å². The monoisotopic (exact) mass is 249 g/mol. The van der Waals surface area contributed by atoms with Crippen LogP contribution in [0.15, 0.2) is 30.6 Å². The number of rotatable bonds is 5. The molecule has 5 heteroatoms. The van der Waals surface area contributed by atoms with E-state index >= 15 is 0 Å². The van der Waals surface area contributed by atoms with E-state index in [1.54, 1.807) is 18.3 Å². The number of halogens is 1. The van der Waals surface area contributed by atoms with E-state index < -0.39 is 5.82 Å². The Morgan fingerprint density at radius 3 is 3.00 bits per heavy atom. The lowest BCUT2D eigenvalue weighted by molar-refractivity contribution is 0.422. The Morgan fingerprint density at radius 1 is 1.44 bits per heavy atom. The minimum atomic E-state index is -0.586. The fourth-order valence-corrected chi connectivity index (χ4v) is 1.71. The van der Waals surface area contributed by atoms with Gasteiger partial charge in [-0.05, 0) is 18.6 Å². The number of para-hydroxylation sites is 1. The van der Waals surface area contributed by atoms with Crippen molar-refractivity contribution in [2.24, 2.45) is 0 Å². The minimum Gasteiger partial charge on any atom is -0.505 e. The van der Waals surface area contributed by atoms with Gasteiger partial charge in [0.25, 0.3) is 0 Å². The molecule has 2 aromatic rings. The Balaban J connectivity index is 1.80. The summed E-state index contributed by atoms with van der Waals surface area (Å²) in [4.78, 5) is 0. The molecule has 4 nitrogen and oxygen atoms in total. The van der Waals surface area contributed by atoms with Crippen LogP contribution in [-0.2, 0) is 13.1 Å². The SMILES string of the molecule is Cc1cnn(CCNCc2cccc(F)c2O)c1. The largest absolute Gasteiger partial charge is 0.505 e. The van der Waals surface area contributed by atoms with Crippen molar-refractivity contribution >= 4 is 0 Å². The molecule has 0 bridgehead atoms. The van der Waals surface area contributed by atoms with Crippen LogP contribution < -0.4 is 5.32 Å². The Bertz CT molecular complexity index is 525. The van der Waals surface area contributed by atoms with Crippen molar-refractivity contribution in [1.29, 1.82) is 0 Å². The van der Waals surface area contributed by atoms with Crippen molar-refractivity contribution in [3.05, 3.63) is 47.5 Å². The van der Waals surface area contributed by atoms with E-state index in [1.165, 1.54) is 6.07 Å². The van der Waals surface area contributed by atoms with Crippen LogP contribution in [0, 0.1) is 12.7 Å². The number of aryl methyl sites for hydroxylation is 1. The number of nitrogens with zero attached hydrogens (tertiary/aromatic N) is 2. The van der Waals surface area contributed by atoms with Gasteiger partial charge in [0, 0.05) is 24.8 Å². The summed E-state index contributed by atoms with van der Waals surface area (Å²) in [6.07, 6.45) is 3.76. The molecule has 0 atom stereocenters. The van der Waals surface area contributed by atoms with Gasteiger partial charge in [0.1, 0.15) is 0 Å². The van der Waals surface area contributed by atoms with Gasteiger partial charge in [0.15, 0.2) is 11.6 Å². The maximum Gasteiger partial charge on any atom is 0.165 e. The average molecular weight is 249 g/mol. The molecule has 1 heterocycles. The number of phenolic OH excluding ortho intramolecular Hbond substituents is 1. The molecule has 0 aliphatic heterocycles. The second-order valence-corrected chi connectivity index (χ2v) is 4.21. The van der Waals surface area contributed by atoms with Gasteiger partial charge in [-0.15, -0.1) is 0 Å². The van der Waals surface area contributed by atoms with Gasteiger partial charge >= 0.3 is 0 Å². The van der Waals surface area contributed by atoms with Gasteiger partial charge in [-0.3, -0.25) is 4.68 Å². The Kier molecular flexibility index (Phi) is 3.94. The molecular formula is C13H16FN3O. The van der Waals surface area contributed by atoms with Crippen molar-refractivity contribution < 1.29 is 9.50 Å². The predicted molar refractivity (Wildman–Crippen MR) is 66.7 cm³/mol. The molecule has 0 unspecified atom stereocenters. The Morgan fingerprint density at radius 2 is 2.28 bits per heavy atom. The van der Waals surface area contributed by atoms with Crippen molar-refractivity contribution in [3.8, 4) is 5.75 Å². The van der Waals surface area contributed by atoms with Crippen LogP contribution in [0.5, 0.6) is 5.75 Å². The molecule has 1 aromatic carbocycles. The molecule has 96 valence electrons. The van der Waals surface area contributed by atoms with Gasteiger partial charge in [-0.25, -0.2) is 4.39 Å². The minimum absolute atomic E-state index is 0.278. The summed E-state index contributed by atoms with van der Waals surface area (Å²) in [5.41, 5.74) is 1.68. The number of phenols is 1. The summed E-state index contributed by atoms with van der Waals surface area (Å²) in [7, 11) is 0. The highest BCUT2D eigenvalue weighted by molar-refractivity contribution is 5.33. The maximum absolute atomic E-state index is 13.1. The van der Waals surface area contributed by atoms with E-state index in [0.29, 0.717) is 18.7 Å². The highest BCUT2D eigenvalue weighted by Crippen LogP contribution is 2.20. The predicted octanol–water partition coefficient (Wildman–Crippen LogP) is 1.83. The highest BCUT2D eigenvalue weighted by atomic mass is 19.1. The van der Waals surface area contributed by atoms with E-state index in [9.17, 15) is 9.50 Å². The second-order valence-electron chi connectivity index (χ2n) is 4.21. The number of benzene rings is 1. The van der Waals surface area contributed by atoms with Crippen LogP contribution >= 0.6 is 0 Å². The zero-order chi connectivity index (χ0) is 13.0. The quantitative estimate of drug-likeness (QED) is 0.795. The summed E-state index contributed by atoms with van der Waals surface area (Å²) < 4.78 is 14.9. The smallest absolute Gasteiger partial charge is 0.165 e. The first-order valence-corrected chi connectivity index (χ1v) is 5.83. The van der Waals surface area contributed by atoms with Gasteiger partial charge in [-0.2, -0.15) is 5.10 Å². The standard InChI is InChI=1S/C13H16FN3O/c1-10-7-16-17(9-10)6-5-15-8-11-3-2-4-12(14)13(11)18/h2-4,7,9,15,18H,5-6,8H2,1H3. The average Bonchev–Trinajstić information content (AvgIpc) is 2.76. The third-order valence-electron chi connectivity index (χ3n) is 2.67. The zero-order valence-electron chi connectivity index (χ0n) is 10.2. The zero-order valence-corrected chi connectivity index (χ0v) is 10.2. The fourth-order valence-electron chi connectivity index (χ4n) is 1.71. The molecule has 0 aliphatic carbocycles. The molecule has 0 saturated heterocycles. The first-order chi connectivity index (χ1) is 8.66. The second kappa shape index (κ2) is 5.64. The Labute approximate surface area is 105 Å². The molecular weight excluding hydrogens is 233 g/mol. The van der Waals surface area contributed by atoms with E-state index in [4.69, 9.17) is 0 Å². The molecule has 1 aromatic heterocycles. The van der Waals surface area contributed by atoms with Gasteiger partial charge < -0.3 is 10.4 Å². The summed E-state index contributed by atoms with van der Waals surface area (Å²) in [5, 5.41) is 16.8. The normalized spacial score (nSPS) is 10.8. The Hall–Kier alpha value is -1.88. The maximum atomic E-state index is 13.1. The molecule has 0 radical (unpaired) electrons. The molecule has 18 heavy (non-hydrogen) atoms. The van der Waals surface area contributed by atoms with Crippen LogP contribution in [0.1, 0.15) is 11.1 Å². The number of hydrogen-bond acceptors (Lipinski definition) is 3. The first kappa shape index (κ1) is 12.6. The molecule has 0 spiro atoms. The lowest BCUT2D eigenvalue weighted by atomic mass is 10.2. The summed E-state index contributed by atoms with van der Waals surface area (Å²) in [6, 6.07) is 4.53. The van der Waals surface area contributed by atoms with E-state index in [2.05, 4.69) is 10.4 Å². The van der Waals surface area contributed by atoms with Gasteiger partial charge in [0.2, 0.25) is 0 Å². The molecule has 0 amide bonds. The molecule has 0 fully saturated rings. The van der Waals surface area contributed by atoms with Gasteiger partial charge in [0.05, 0.1) is 12.7 Å². The number of hydrogen-bond donors (Lipinski definition) is 2. The van der Waals surface area contributed by atoms with Crippen LogP contribution in [0.4, 0.5) is 4.39 Å². The van der Waals surface area contributed by atoms with Crippen molar-refractivity contribution in [2.75, 3.05) is 6.54 Å². The van der Waals surface area contributed by atoms with E-state index in [0.717, 1.165) is 12.1 Å². The lowest BCUT2D eigenvalue weighted by Gasteiger charge is -2.07. The van der Waals surface area contributed by atoms with Crippen molar-refractivity contribution in [1.82, 2.24) is 15.1 Å². The third-order valence-corrected chi connectivity index (χ3v) is 2.67. The first-order valence-electron chi connectivity index (χ1n) is 5.83. The summed E-state index contributed by atoms with van der Waals surface area (Å²) in [5.74, 6) is -0.864. The number of aromatic nitrogens is 2. The molecule has 0 aliphatic rings. The van der Waals surface area contributed by atoms with Crippen LogP contribution in [0.3, 0.4) is 0 Å². The fraction of sp³-hybridized carbons (Fsp3) is 0.308. The molecule has 2 rings (SSSR count). The summed E-state index contributed by atoms with van der Waals surface area (Å²) >= 11 is 0. The molecule has 0 saturated carbocycles. The van der Waals surface area contributed by atoms with Crippen LogP contribution in [0.2, 0.25) is 0 Å².